The summed E-state index contributed by atoms with van der Waals surface area (Å²) in [5.74, 6) is 0.0825. The van der Waals surface area contributed by atoms with Gasteiger partial charge in [0, 0.05) is 44.2 Å². The van der Waals surface area contributed by atoms with Crippen molar-refractivity contribution in [2.45, 2.75) is 58.3 Å². The molecule has 3 aromatic rings. The van der Waals surface area contributed by atoms with Gasteiger partial charge in [0.25, 0.3) is 5.69 Å². The number of carbonyl (C=O) groups excluding carboxylic acids is 2. The highest BCUT2D eigenvalue weighted by Crippen LogP contribution is 2.38. The maximum atomic E-state index is 13.4. The molecule has 0 spiro atoms. The number of hydrogen-bond donors (Lipinski definition) is 1. The molecule has 0 amide bonds. The van der Waals surface area contributed by atoms with Crippen LogP contribution in [0.5, 0.6) is 0 Å². The number of carbonyl (C=O) groups is 2. The second-order valence-electron chi connectivity index (χ2n) is 11.0. The number of aliphatic hydroxyl groups is 1. The molecule has 200 valence electrons. The minimum absolute atomic E-state index is 0.0236. The largest absolute Gasteiger partial charge is 0.511 e. The van der Waals surface area contributed by atoms with E-state index < -0.39 is 4.92 Å². The van der Waals surface area contributed by atoms with Crippen molar-refractivity contribution in [2.75, 3.05) is 0 Å². The number of ketones is 2. The van der Waals surface area contributed by atoms with Crippen molar-refractivity contribution >= 4 is 28.7 Å². The van der Waals surface area contributed by atoms with Gasteiger partial charge in [0.1, 0.15) is 11.5 Å². The molecule has 9 heteroatoms. The van der Waals surface area contributed by atoms with Crippen molar-refractivity contribution in [2.24, 2.45) is 10.4 Å². The summed E-state index contributed by atoms with van der Waals surface area (Å²) in [5.41, 5.74) is 2.74. The SMILES string of the molecule is CC1(C)CC(=O)c2c(CC/C(O)=C3\C(=O)CC(c4ccccc4)CC3=Nc3ccc([N+](=O)[O-])cc3)noc2C1. The van der Waals surface area contributed by atoms with E-state index in [9.17, 15) is 24.8 Å². The van der Waals surface area contributed by atoms with E-state index in [0.717, 1.165) is 5.56 Å². The van der Waals surface area contributed by atoms with Crippen LogP contribution in [0.1, 0.15) is 72.8 Å². The molecule has 1 aromatic heterocycles. The van der Waals surface area contributed by atoms with E-state index in [1.165, 1.54) is 24.3 Å². The third-order valence-corrected chi connectivity index (χ3v) is 7.31. The number of aliphatic hydroxyl groups excluding tert-OH is 1. The van der Waals surface area contributed by atoms with Gasteiger partial charge in [-0.2, -0.15) is 0 Å². The summed E-state index contributed by atoms with van der Waals surface area (Å²) in [6, 6.07) is 15.4. The fourth-order valence-corrected chi connectivity index (χ4v) is 5.44. The monoisotopic (exact) mass is 527 g/mol. The Morgan fingerprint density at radius 1 is 1.08 bits per heavy atom. The molecular weight excluding hydrogens is 498 g/mol. The Hall–Kier alpha value is -4.40. The van der Waals surface area contributed by atoms with Gasteiger partial charge in [0.2, 0.25) is 0 Å². The van der Waals surface area contributed by atoms with Gasteiger partial charge in [0.15, 0.2) is 11.6 Å². The quantitative estimate of drug-likeness (QED) is 0.169. The highest BCUT2D eigenvalue weighted by molar-refractivity contribution is 6.25. The fourth-order valence-electron chi connectivity index (χ4n) is 5.44. The van der Waals surface area contributed by atoms with Crippen molar-refractivity contribution in [1.82, 2.24) is 5.16 Å². The number of hydrogen-bond acceptors (Lipinski definition) is 8. The van der Waals surface area contributed by atoms with Gasteiger partial charge >= 0.3 is 0 Å². The summed E-state index contributed by atoms with van der Waals surface area (Å²) in [6.07, 6.45) is 1.97. The van der Waals surface area contributed by atoms with Crippen molar-refractivity contribution in [3.8, 4) is 0 Å². The van der Waals surface area contributed by atoms with E-state index in [-0.39, 0.29) is 59.2 Å². The van der Waals surface area contributed by atoms with E-state index in [1.807, 2.05) is 44.2 Å². The molecule has 1 N–H and O–H groups in total. The lowest BCUT2D eigenvalue weighted by Gasteiger charge is -2.27. The van der Waals surface area contributed by atoms with Crippen LogP contribution in [0.2, 0.25) is 0 Å². The molecule has 1 saturated carbocycles. The number of allylic oxidation sites excluding steroid dienone is 2. The van der Waals surface area contributed by atoms with Gasteiger partial charge in [0.05, 0.1) is 33.2 Å². The number of aliphatic imine (C=N–C) groups is 1. The molecule has 1 unspecified atom stereocenters. The van der Waals surface area contributed by atoms with Gasteiger partial charge in [-0.3, -0.25) is 24.7 Å². The zero-order valence-electron chi connectivity index (χ0n) is 21.8. The van der Waals surface area contributed by atoms with Crippen LogP contribution in [-0.2, 0) is 17.6 Å². The number of non-ortho nitro benzene ring substituents is 1. The highest BCUT2D eigenvalue weighted by atomic mass is 16.6. The lowest BCUT2D eigenvalue weighted by atomic mass is 9.76. The molecule has 1 fully saturated rings. The van der Waals surface area contributed by atoms with Crippen LogP contribution in [0.25, 0.3) is 0 Å². The standard InChI is InChI=1S/C30H29N3O6/c1-30(2)16-26(36)29-22(32-39-27(29)17-30)12-13-24(34)28-23(31-20-8-10-21(11-9-20)33(37)38)14-19(15-25(28)35)18-6-4-3-5-7-18/h3-11,19,34H,12-17H2,1-2H3/b28-24+,31-23?. The number of fused-ring (bicyclic) bond motifs is 1. The highest BCUT2D eigenvalue weighted by Gasteiger charge is 2.37. The van der Waals surface area contributed by atoms with E-state index in [0.29, 0.717) is 47.7 Å². The summed E-state index contributed by atoms with van der Waals surface area (Å²) < 4.78 is 5.47. The maximum absolute atomic E-state index is 13.4. The maximum Gasteiger partial charge on any atom is 0.269 e. The second kappa shape index (κ2) is 10.4. The van der Waals surface area contributed by atoms with E-state index in [2.05, 4.69) is 10.1 Å². The molecule has 9 nitrogen and oxygen atoms in total. The van der Waals surface area contributed by atoms with Crippen molar-refractivity contribution in [3.63, 3.8) is 0 Å². The number of aryl methyl sites for hydroxylation is 1. The summed E-state index contributed by atoms with van der Waals surface area (Å²) in [5, 5.41) is 26.3. The topological polar surface area (TPSA) is 136 Å². The molecule has 2 aliphatic carbocycles. The number of nitro benzene ring substituents is 1. The van der Waals surface area contributed by atoms with E-state index in [4.69, 9.17) is 4.52 Å². The lowest BCUT2D eigenvalue weighted by Crippen LogP contribution is -2.27. The first-order valence-electron chi connectivity index (χ1n) is 12.9. The predicted molar refractivity (Wildman–Crippen MR) is 145 cm³/mol. The molecule has 39 heavy (non-hydrogen) atoms. The number of nitrogens with zero attached hydrogens (tertiary/aromatic N) is 3. The Morgan fingerprint density at radius 2 is 1.79 bits per heavy atom. The van der Waals surface area contributed by atoms with Crippen LogP contribution < -0.4 is 0 Å². The Bertz CT molecular complexity index is 1500. The number of nitro groups is 1. The first kappa shape index (κ1) is 26.2. The molecule has 1 heterocycles. The predicted octanol–water partition coefficient (Wildman–Crippen LogP) is 6.40. The second-order valence-corrected chi connectivity index (χ2v) is 11.0. The minimum Gasteiger partial charge on any atom is -0.511 e. The van der Waals surface area contributed by atoms with Gasteiger partial charge in [-0.1, -0.05) is 49.3 Å². The third kappa shape index (κ3) is 5.57. The van der Waals surface area contributed by atoms with Crippen molar-refractivity contribution in [3.05, 3.63) is 98.6 Å². The van der Waals surface area contributed by atoms with Crippen LogP contribution in [0.4, 0.5) is 11.4 Å². The number of aromatic nitrogens is 1. The molecule has 0 saturated heterocycles. The van der Waals surface area contributed by atoms with Crippen LogP contribution in [0, 0.1) is 15.5 Å². The molecule has 0 bridgehead atoms. The lowest BCUT2D eigenvalue weighted by molar-refractivity contribution is -0.384. The normalized spacial score (nSPS) is 21.1. The molecule has 5 rings (SSSR count). The molecular formula is C30H29N3O6. The van der Waals surface area contributed by atoms with Crippen molar-refractivity contribution < 1.29 is 24.1 Å². The number of benzene rings is 2. The zero-order valence-corrected chi connectivity index (χ0v) is 21.8. The Balaban J connectivity index is 1.46. The molecule has 2 aliphatic rings. The molecule has 2 aromatic carbocycles. The minimum atomic E-state index is -0.488. The first-order chi connectivity index (χ1) is 18.6. The molecule has 1 atom stereocenters. The summed E-state index contributed by atoms with van der Waals surface area (Å²) in [7, 11) is 0. The number of Topliss-reactive ketones (excluding diaryl/α,β-unsaturated/α-hetero) is 2. The fraction of sp³-hybridized carbons (Fsp3) is 0.333. The summed E-state index contributed by atoms with van der Waals surface area (Å²) in [4.78, 5) is 41.4. The van der Waals surface area contributed by atoms with E-state index in [1.54, 1.807) is 0 Å². The van der Waals surface area contributed by atoms with Crippen LogP contribution >= 0.6 is 0 Å². The van der Waals surface area contributed by atoms with Gasteiger partial charge < -0.3 is 9.63 Å². The Labute approximate surface area is 225 Å². The summed E-state index contributed by atoms with van der Waals surface area (Å²) in [6.45, 7) is 4.02. The molecule has 0 radical (unpaired) electrons. The average molecular weight is 528 g/mol. The zero-order chi connectivity index (χ0) is 27.7. The average Bonchev–Trinajstić information content (AvgIpc) is 3.30. The van der Waals surface area contributed by atoms with Crippen LogP contribution in [0.15, 0.2) is 75.4 Å². The van der Waals surface area contributed by atoms with E-state index >= 15 is 0 Å². The van der Waals surface area contributed by atoms with Crippen LogP contribution in [0.3, 0.4) is 0 Å². The first-order valence-corrected chi connectivity index (χ1v) is 12.9. The Kier molecular flexibility index (Phi) is 6.99. The van der Waals surface area contributed by atoms with Crippen molar-refractivity contribution in [1.29, 1.82) is 0 Å². The smallest absolute Gasteiger partial charge is 0.269 e. The summed E-state index contributed by atoms with van der Waals surface area (Å²) >= 11 is 0. The third-order valence-electron chi connectivity index (χ3n) is 7.31. The van der Waals surface area contributed by atoms with Crippen LogP contribution in [-0.4, -0.2) is 32.5 Å². The molecule has 0 aliphatic heterocycles. The number of rotatable bonds is 6. The Morgan fingerprint density at radius 3 is 2.49 bits per heavy atom. The van der Waals surface area contributed by atoms with Gasteiger partial charge in [-0.05, 0) is 35.4 Å². The van der Waals surface area contributed by atoms with Gasteiger partial charge in [-0.25, -0.2) is 0 Å². The van der Waals surface area contributed by atoms with Gasteiger partial charge in [-0.15, -0.1) is 0 Å².